The molecular formula is C23H31FN2O4S. The molecule has 3 rings (SSSR count). The van der Waals surface area contributed by atoms with Gasteiger partial charge in [-0.05, 0) is 29.2 Å². The molecule has 1 aliphatic rings. The molecular weight excluding hydrogens is 419 g/mol. The predicted octanol–water partition coefficient (Wildman–Crippen LogP) is 2.87. The Morgan fingerprint density at radius 1 is 1.03 bits per heavy atom. The fraction of sp³-hybridized carbons (Fsp3) is 0.478. The second kappa shape index (κ2) is 9.65. The molecule has 0 radical (unpaired) electrons. The molecule has 170 valence electrons. The van der Waals surface area contributed by atoms with Crippen molar-refractivity contribution in [2.24, 2.45) is 0 Å². The van der Waals surface area contributed by atoms with E-state index in [9.17, 15) is 17.9 Å². The minimum atomic E-state index is -3.87. The molecule has 2 aromatic carbocycles. The Labute approximate surface area is 184 Å². The molecule has 0 bridgehead atoms. The van der Waals surface area contributed by atoms with E-state index in [2.05, 4.69) is 20.8 Å². The van der Waals surface area contributed by atoms with E-state index in [4.69, 9.17) is 4.74 Å². The number of β-amino-alcohol motifs (C(OH)–C–C–N with tert-alkyl or cyclic N) is 1. The Morgan fingerprint density at radius 2 is 1.65 bits per heavy atom. The number of para-hydroxylation sites is 1. The van der Waals surface area contributed by atoms with Crippen molar-refractivity contribution in [3.05, 3.63) is 59.9 Å². The van der Waals surface area contributed by atoms with Crippen molar-refractivity contribution in [2.45, 2.75) is 37.2 Å². The largest absolute Gasteiger partial charge is 0.491 e. The smallest absolute Gasteiger partial charge is 0.246 e. The quantitative estimate of drug-likeness (QED) is 0.703. The van der Waals surface area contributed by atoms with E-state index in [0.29, 0.717) is 19.6 Å². The van der Waals surface area contributed by atoms with Crippen molar-refractivity contribution in [1.29, 1.82) is 0 Å². The van der Waals surface area contributed by atoms with Gasteiger partial charge in [-0.3, -0.25) is 4.90 Å². The summed E-state index contributed by atoms with van der Waals surface area (Å²) >= 11 is 0. The first-order chi connectivity index (χ1) is 14.6. The van der Waals surface area contributed by atoms with Crippen LogP contribution in [0.2, 0.25) is 0 Å². The third-order valence-corrected chi connectivity index (χ3v) is 7.31. The number of benzene rings is 2. The summed E-state index contributed by atoms with van der Waals surface area (Å²) in [6.45, 7) is 8.29. The van der Waals surface area contributed by atoms with Crippen LogP contribution in [-0.2, 0) is 15.4 Å². The molecule has 1 atom stereocenters. The van der Waals surface area contributed by atoms with Gasteiger partial charge < -0.3 is 9.84 Å². The molecule has 0 saturated carbocycles. The number of piperazine rings is 1. The van der Waals surface area contributed by atoms with Crippen molar-refractivity contribution >= 4 is 10.0 Å². The van der Waals surface area contributed by atoms with Gasteiger partial charge >= 0.3 is 0 Å². The Morgan fingerprint density at radius 3 is 2.29 bits per heavy atom. The van der Waals surface area contributed by atoms with Crippen LogP contribution in [0.3, 0.4) is 0 Å². The molecule has 0 unspecified atom stereocenters. The molecule has 31 heavy (non-hydrogen) atoms. The molecule has 8 heteroatoms. The summed E-state index contributed by atoms with van der Waals surface area (Å²) < 4.78 is 46.6. The predicted molar refractivity (Wildman–Crippen MR) is 118 cm³/mol. The molecule has 2 aromatic rings. The minimum Gasteiger partial charge on any atom is -0.491 e. The summed E-state index contributed by atoms with van der Waals surface area (Å²) in [7, 11) is -3.87. The fourth-order valence-corrected chi connectivity index (χ4v) is 5.18. The van der Waals surface area contributed by atoms with E-state index in [1.807, 2.05) is 29.2 Å². The Bertz CT molecular complexity index is 983. The van der Waals surface area contributed by atoms with Gasteiger partial charge in [-0.2, -0.15) is 4.31 Å². The van der Waals surface area contributed by atoms with Gasteiger partial charge in [0.05, 0.1) is 0 Å². The van der Waals surface area contributed by atoms with Crippen LogP contribution in [0.4, 0.5) is 4.39 Å². The topological polar surface area (TPSA) is 70.1 Å². The van der Waals surface area contributed by atoms with Gasteiger partial charge in [0.2, 0.25) is 10.0 Å². The molecule has 0 amide bonds. The third-order valence-electron chi connectivity index (χ3n) is 5.38. The summed E-state index contributed by atoms with van der Waals surface area (Å²) in [6.07, 6.45) is -0.706. The fourth-order valence-electron chi connectivity index (χ4n) is 3.69. The molecule has 1 saturated heterocycles. The lowest BCUT2D eigenvalue weighted by molar-refractivity contribution is 0.0563. The van der Waals surface area contributed by atoms with E-state index in [-0.39, 0.29) is 30.0 Å². The lowest BCUT2D eigenvalue weighted by atomic mass is 9.86. The van der Waals surface area contributed by atoms with E-state index in [1.165, 1.54) is 22.5 Å². The van der Waals surface area contributed by atoms with Crippen molar-refractivity contribution in [2.75, 3.05) is 39.3 Å². The summed E-state index contributed by atoms with van der Waals surface area (Å²) in [5.74, 6) is 0.0166. The number of aliphatic hydroxyl groups is 1. The third kappa shape index (κ3) is 5.83. The van der Waals surface area contributed by atoms with E-state index in [0.717, 1.165) is 17.4 Å². The number of halogens is 1. The SMILES string of the molecule is CC(C)(C)c1ccccc1OC[C@@H](O)CN1CCN(S(=O)(=O)c2ccccc2F)CC1. The van der Waals surface area contributed by atoms with Crippen LogP contribution in [0, 0.1) is 5.82 Å². The number of ether oxygens (including phenoxy) is 1. The number of sulfonamides is 1. The molecule has 6 nitrogen and oxygen atoms in total. The van der Waals surface area contributed by atoms with Crippen LogP contribution in [0.5, 0.6) is 5.75 Å². The van der Waals surface area contributed by atoms with Gasteiger partial charge in [0.25, 0.3) is 0 Å². The molecule has 1 N–H and O–H groups in total. The normalized spacial score (nSPS) is 17.5. The average molecular weight is 451 g/mol. The van der Waals surface area contributed by atoms with Crippen molar-refractivity contribution in [3.8, 4) is 5.75 Å². The second-order valence-corrected chi connectivity index (χ2v) is 10.8. The van der Waals surface area contributed by atoms with Gasteiger partial charge in [0.1, 0.15) is 29.2 Å². The Kier molecular flexibility index (Phi) is 7.36. The molecule has 1 fully saturated rings. The Balaban J connectivity index is 1.52. The minimum absolute atomic E-state index is 0.0679. The lowest BCUT2D eigenvalue weighted by Crippen LogP contribution is -2.50. The van der Waals surface area contributed by atoms with E-state index >= 15 is 0 Å². The molecule has 0 aliphatic carbocycles. The number of aliphatic hydroxyl groups excluding tert-OH is 1. The standard InChI is InChI=1S/C23H31FN2O4S/c1-23(2,3)19-8-4-6-10-21(19)30-17-18(27)16-25-12-14-26(15-13-25)31(28,29)22-11-7-5-9-20(22)24/h4-11,18,27H,12-17H2,1-3H3/t18-/m0/s1. The second-order valence-electron chi connectivity index (χ2n) is 8.85. The van der Waals surface area contributed by atoms with Gasteiger partial charge in [-0.25, -0.2) is 12.8 Å². The summed E-state index contributed by atoms with van der Waals surface area (Å²) in [6, 6.07) is 13.2. The highest BCUT2D eigenvalue weighted by atomic mass is 32.2. The molecule has 0 aromatic heterocycles. The first-order valence-electron chi connectivity index (χ1n) is 10.5. The van der Waals surface area contributed by atoms with Crippen LogP contribution in [0.15, 0.2) is 53.4 Å². The maximum atomic E-state index is 14.0. The first-order valence-corrected chi connectivity index (χ1v) is 11.9. The maximum absolute atomic E-state index is 14.0. The molecule has 1 aliphatic heterocycles. The number of nitrogens with zero attached hydrogens (tertiary/aromatic N) is 2. The van der Waals surface area contributed by atoms with Crippen LogP contribution in [0.1, 0.15) is 26.3 Å². The maximum Gasteiger partial charge on any atom is 0.246 e. The van der Waals surface area contributed by atoms with Crippen LogP contribution < -0.4 is 4.74 Å². The molecule has 0 spiro atoms. The monoisotopic (exact) mass is 450 g/mol. The van der Waals surface area contributed by atoms with Crippen molar-refractivity contribution in [3.63, 3.8) is 0 Å². The average Bonchev–Trinajstić information content (AvgIpc) is 2.72. The number of rotatable bonds is 7. The Hall–Kier alpha value is -2.00. The van der Waals surface area contributed by atoms with Gasteiger partial charge in [-0.15, -0.1) is 0 Å². The van der Waals surface area contributed by atoms with Gasteiger partial charge in [0.15, 0.2) is 0 Å². The summed E-state index contributed by atoms with van der Waals surface area (Å²) in [4.78, 5) is 1.70. The zero-order valence-electron chi connectivity index (χ0n) is 18.3. The first kappa shape index (κ1) is 23.7. The van der Waals surface area contributed by atoms with Crippen LogP contribution >= 0.6 is 0 Å². The van der Waals surface area contributed by atoms with Crippen LogP contribution in [-0.4, -0.2) is 68.2 Å². The summed E-state index contributed by atoms with van der Waals surface area (Å²) in [5, 5.41) is 10.4. The zero-order valence-corrected chi connectivity index (χ0v) is 19.1. The zero-order chi connectivity index (χ0) is 22.6. The highest BCUT2D eigenvalue weighted by molar-refractivity contribution is 7.89. The van der Waals surface area contributed by atoms with Crippen molar-refractivity contribution in [1.82, 2.24) is 9.21 Å². The lowest BCUT2D eigenvalue weighted by Gasteiger charge is -2.35. The van der Waals surface area contributed by atoms with Gasteiger partial charge in [0, 0.05) is 32.7 Å². The molecule has 1 heterocycles. The van der Waals surface area contributed by atoms with E-state index in [1.54, 1.807) is 0 Å². The highest BCUT2D eigenvalue weighted by Gasteiger charge is 2.31. The van der Waals surface area contributed by atoms with Crippen molar-refractivity contribution < 1.29 is 22.7 Å². The number of hydrogen-bond acceptors (Lipinski definition) is 5. The highest BCUT2D eigenvalue weighted by Crippen LogP contribution is 2.31. The van der Waals surface area contributed by atoms with Gasteiger partial charge in [-0.1, -0.05) is 51.1 Å². The van der Waals surface area contributed by atoms with Crippen LogP contribution in [0.25, 0.3) is 0 Å². The van der Waals surface area contributed by atoms with E-state index < -0.39 is 21.9 Å². The number of hydrogen-bond donors (Lipinski definition) is 1. The summed E-state index contributed by atoms with van der Waals surface area (Å²) in [5.41, 5.74) is 1.01.